The van der Waals surface area contributed by atoms with E-state index in [9.17, 15) is 9.90 Å². The second-order valence-corrected chi connectivity index (χ2v) is 7.23. The number of carbonyl (C=O) groups is 1. The zero-order valence-electron chi connectivity index (χ0n) is 14.4. The number of likely N-dealkylation sites (tertiary alicyclic amines) is 1. The van der Waals surface area contributed by atoms with Gasteiger partial charge in [-0.15, -0.1) is 0 Å². The van der Waals surface area contributed by atoms with Gasteiger partial charge in [-0.1, -0.05) is 29.4 Å². The molecular weight excluding hydrogens is 316 g/mol. The van der Waals surface area contributed by atoms with Gasteiger partial charge in [0, 0.05) is 25.1 Å². The summed E-state index contributed by atoms with van der Waals surface area (Å²) in [4.78, 5) is 14.8. The summed E-state index contributed by atoms with van der Waals surface area (Å²) in [7, 11) is 0. The van der Waals surface area contributed by atoms with Crippen molar-refractivity contribution in [2.75, 3.05) is 13.1 Å². The summed E-state index contributed by atoms with van der Waals surface area (Å²) in [6.07, 6.45) is 5.99. The largest absolute Gasteiger partial charge is 0.392 e. The van der Waals surface area contributed by atoms with Gasteiger partial charge in [0.2, 0.25) is 0 Å². The topological polar surface area (TPSA) is 66.6 Å². The number of aliphatic hydroxyl groups is 1. The summed E-state index contributed by atoms with van der Waals surface area (Å²) in [6, 6.07) is 8.07. The highest BCUT2D eigenvalue weighted by atomic mass is 16.5. The lowest BCUT2D eigenvalue weighted by Gasteiger charge is -2.17. The highest BCUT2D eigenvalue weighted by Crippen LogP contribution is 2.28. The van der Waals surface area contributed by atoms with Gasteiger partial charge in [0.15, 0.2) is 5.69 Å². The number of benzene rings is 1. The molecule has 25 heavy (non-hydrogen) atoms. The number of aliphatic hydroxyl groups excluding tert-OH is 1. The van der Waals surface area contributed by atoms with E-state index >= 15 is 0 Å². The first-order valence-corrected chi connectivity index (χ1v) is 9.20. The van der Waals surface area contributed by atoms with Crippen LogP contribution in [0.4, 0.5) is 0 Å². The zero-order valence-corrected chi connectivity index (χ0v) is 14.4. The number of hydrogen-bond acceptors (Lipinski definition) is 4. The summed E-state index contributed by atoms with van der Waals surface area (Å²) < 4.78 is 5.39. The predicted octanol–water partition coefficient (Wildman–Crippen LogP) is 2.75. The summed E-state index contributed by atoms with van der Waals surface area (Å²) in [5.41, 5.74) is 3.75. The van der Waals surface area contributed by atoms with E-state index in [-0.39, 0.29) is 12.5 Å². The van der Waals surface area contributed by atoms with Crippen LogP contribution in [0.15, 0.2) is 28.8 Å². The predicted molar refractivity (Wildman–Crippen MR) is 93.2 cm³/mol. The first-order valence-electron chi connectivity index (χ1n) is 9.20. The van der Waals surface area contributed by atoms with Crippen molar-refractivity contribution >= 4 is 5.91 Å². The molecule has 1 aromatic carbocycles. The van der Waals surface area contributed by atoms with E-state index in [4.69, 9.17) is 4.52 Å². The van der Waals surface area contributed by atoms with Gasteiger partial charge in [-0.05, 0) is 49.1 Å². The fourth-order valence-corrected chi connectivity index (χ4v) is 4.07. The van der Waals surface area contributed by atoms with E-state index in [1.807, 2.05) is 17.0 Å². The minimum absolute atomic E-state index is 0.0264. The van der Waals surface area contributed by atoms with E-state index in [1.54, 1.807) is 0 Å². The Balaban J connectivity index is 1.42. The molecule has 1 aromatic heterocycles. The zero-order chi connectivity index (χ0) is 17.2. The van der Waals surface area contributed by atoms with Gasteiger partial charge in [-0.2, -0.15) is 0 Å². The Labute approximate surface area is 147 Å². The quantitative estimate of drug-likeness (QED) is 0.929. The molecule has 2 aromatic rings. The summed E-state index contributed by atoms with van der Waals surface area (Å²) in [6.45, 7) is 1.62. The van der Waals surface area contributed by atoms with Crippen LogP contribution in [0.1, 0.15) is 52.2 Å². The first kappa shape index (κ1) is 16.3. The van der Waals surface area contributed by atoms with Crippen molar-refractivity contribution in [3.05, 3.63) is 52.4 Å². The third-order valence-corrected chi connectivity index (χ3v) is 5.42. The lowest BCUT2D eigenvalue weighted by Crippen LogP contribution is -2.30. The molecular formula is C20H24N2O3. The summed E-state index contributed by atoms with van der Waals surface area (Å²) >= 11 is 0. The van der Waals surface area contributed by atoms with Crippen LogP contribution in [0.3, 0.4) is 0 Å². The SMILES string of the molecule is O=C(c1noc2c1CCCC2)N1CC[C@H](Cc2cccc(CO)c2)C1. The fourth-order valence-electron chi connectivity index (χ4n) is 4.07. The van der Waals surface area contributed by atoms with E-state index < -0.39 is 0 Å². The number of aryl methyl sites for hydroxylation is 1. The number of aromatic nitrogens is 1. The maximum absolute atomic E-state index is 12.8. The van der Waals surface area contributed by atoms with Gasteiger partial charge in [0.1, 0.15) is 5.76 Å². The van der Waals surface area contributed by atoms with E-state index in [0.29, 0.717) is 11.6 Å². The average molecular weight is 340 g/mol. The number of hydrogen-bond donors (Lipinski definition) is 1. The Morgan fingerprint density at radius 2 is 2.12 bits per heavy atom. The standard InChI is InChI=1S/C20H24N2O3/c23-13-16-5-3-4-14(11-16)10-15-8-9-22(12-15)20(24)19-17-6-1-2-7-18(17)25-21-19/h3-5,11,15,23H,1-2,6-10,12-13H2/t15-/m1/s1. The Hall–Kier alpha value is -2.14. The number of amides is 1. The second kappa shape index (κ2) is 7.00. The van der Waals surface area contributed by atoms with Crippen molar-refractivity contribution in [3.63, 3.8) is 0 Å². The molecule has 1 fully saturated rings. The van der Waals surface area contributed by atoms with Crippen LogP contribution in [0.5, 0.6) is 0 Å². The molecule has 0 bridgehead atoms. The van der Waals surface area contributed by atoms with E-state index in [0.717, 1.165) is 68.5 Å². The Morgan fingerprint density at radius 1 is 1.28 bits per heavy atom. The highest BCUT2D eigenvalue weighted by Gasteiger charge is 2.32. The van der Waals surface area contributed by atoms with Crippen LogP contribution >= 0.6 is 0 Å². The van der Waals surface area contributed by atoms with Crippen LogP contribution in [-0.2, 0) is 25.9 Å². The van der Waals surface area contributed by atoms with E-state index in [2.05, 4.69) is 17.3 Å². The molecule has 1 aliphatic carbocycles. The minimum Gasteiger partial charge on any atom is -0.392 e. The molecule has 0 unspecified atom stereocenters. The Bertz CT molecular complexity index is 768. The molecule has 0 radical (unpaired) electrons. The maximum atomic E-state index is 12.8. The lowest BCUT2D eigenvalue weighted by atomic mass is 9.96. The van der Waals surface area contributed by atoms with Gasteiger partial charge >= 0.3 is 0 Å². The minimum atomic E-state index is 0.0264. The van der Waals surface area contributed by atoms with Crippen molar-refractivity contribution < 1.29 is 14.4 Å². The molecule has 1 saturated heterocycles. The molecule has 0 saturated carbocycles. The van der Waals surface area contributed by atoms with Crippen LogP contribution in [0.25, 0.3) is 0 Å². The molecule has 4 rings (SSSR count). The molecule has 132 valence electrons. The van der Waals surface area contributed by atoms with Crippen molar-refractivity contribution in [1.29, 1.82) is 0 Å². The van der Waals surface area contributed by atoms with Gasteiger partial charge in [0.05, 0.1) is 6.61 Å². The third-order valence-electron chi connectivity index (χ3n) is 5.42. The Kier molecular flexibility index (Phi) is 4.57. The highest BCUT2D eigenvalue weighted by molar-refractivity contribution is 5.94. The molecule has 0 spiro atoms. The van der Waals surface area contributed by atoms with Crippen LogP contribution in [0, 0.1) is 5.92 Å². The molecule has 1 atom stereocenters. The molecule has 5 heteroatoms. The lowest BCUT2D eigenvalue weighted by molar-refractivity contribution is 0.0776. The number of fused-ring (bicyclic) bond motifs is 1. The summed E-state index contributed by atoms with van der Waals surface area (Å²) in [5, 5.41) is 13.4. The smallest absolute Gasteiger partial charge is 0.276 e. The van der Waals surface area contributed by atoms with Crippen LogP contribution < -0.4 is 0 Å². The molecule has 2 heterocycles. The first-order chi connectivity index (χ1) is 12.2. The molecule has 1 N–H and O–H groups in total. The molecule has 5 nitrogen and oxygen atoms in total. The number of carbonyl (C=O) groups excluding carboxylic acids is 1. The molecule has 1 aliphatic heterocycles. The van der Waals surface area contributed by atoms with Gasteiger partial charge < -0.3 is 14.5 Å². The Morgan fingerprint density at radius 3 is 3.00 bits per heavy atom. The molecule has 2 aliphatic rings. The van der Waals surface area contributed by atoms with Gasteiger partial charge in [0.25, 0.3) is 5.91 Å². The fraction of sp³-hybridized carbons (Fsp3) is 0.500. The second-order valence-electron chi connectivity index (χ2n) is 7.23. The monoisotopic (exact) mass is 340 g/mol. The number of nitrogens with zero attached hydrogens (tertiary/aromatic N) is 2. The average Bonchev–Trinajstić information content (AvgIpc) is 3.28. The van der Waals surface area contributed by atoms with Crippen molar-refractivity contribution in [2.45, 2.75) is 45.1 Å². The van der Waals surface area contributed by atoms with Crippen molar-refractivity contribution in [2.24, 2.45) is 5.92 Å². The van der Waals surface area contributed by atoms with Gasteiger partial charge in [-0.3, -0.25) is 4.79 Å². The third kappa shape index (κ3) is 3.33. The van der Waals surface area contributed by atoms with Gasteiger partial charge in [-0.25, -0.2) is 0 Å². The van der Waals surface area contributed by atoms with Crippen LogP contribution in [0.2, 0.25) is 0 Å². The van der Waals surface area contributed by atoms with Crippen molar-refractivity contribution in [3.8, 4) is 0 Å². The summed E-state index contributed by atoms with van der Waals surface area (Å²) in [5.74, 6) is 1.39. The van der Waals surface area contributed by atoms with E-state index in [1.165, 1.54) is 5.56 Å². The normalized spacial score (nSPS) is 19.9. The number of rotatable bonds is 4. The maximum Gasteiger partial charge on any atom is 0.276 e. The van der Waals surface area contributed by atoms with Crippen molar-refractivity contribution in [1.82, 2.24) is 10.1 Å². The molecule has 1 amide bonds. The van der Waals surface area contributed by atoms with Crippen LogP contribution in [-0.4, -0.2) is 34.2 Å².